The number of hydrogen-bond donors (Lipinski definition) is 2. The van der Waals surface area contributed by atoms with Gasteiger partial charge >= 0.3 is 0 Å². The van der Waals surface area contributed by atoms with E-state index >= 15 is 0 Å². The highest BCUT2D eigenvalue weighted by Gasteiger charge is 2.33. The third-order valence-corrected chi connectivity index (χ3v) is 4.50. The van der Waals surface area contributed by atoms with Crippen molar-refractivity contribution in [2.45, 2.75) is 50.2 Å². The molecule has 1 amide bonds. The van der Waals surface area contributed by atoms with Crippen LogP contribution in [0.4, 0.5) is 0 Å². The molecule has 2 fully saturated rings. The quantitative estimate of drug-likeness (QED) is 0.842. The Hall–Kier alpha value is -1.75. The second-order valence-corrected chi connectivity index (χ2v) is 6.15. The molecule has 2 heterocycles. The van der Waals surface area contributed by atoms with Crippen LogP contribution in [-0.4, -0.2) is 37.7 Å². The fourth-order valence-electron chi connectivity index (χ4n) is 3.41. The molecular weight excluding hydrogens is 280 g/mol. The van der Waals surface area contributed by atoms with E-state index in [1.54, 1.807) is 7.11 Å². The largest absolute Gasteiger partial charge is 0.497 e. The maximum atomic E-state index is 12.0. The Morgan fingerprint density at radius 1 is 1.18 bits per heavy atom. The van der Waals surface area contributed by atoms with Gasteiger partial charge in [0.1, 0.15) is 11.5 Å². The van der Waals surface area contributed by atoms with Crippen LogP contribution in [0.5, 0.6) is 11.5 Å². The van der Waals surface area contributed by atoms with Crippen molar-refractivity contribution in [2.24, 2.45) is 0 Å². The standard InChI is InChI=1S/C17H24N2O3/c1-21-15-4-6-16(7-5-15)22-9-8-17(20)19-14-10-12-2-3-13(11-14)18-12/h4-7,12-14,18H,2-3,8-11H2,1H3,(H,19,20). The number of carbonyl (C=O) groups is 1. The lowest BCUT2D eigenvalue weighted by molar-refractivity contribution is -0.122. The van der Waals surface area contributed by atoms with E-state index in [1.807, 2.05) is 24.3 Å². The molecule has 0 spiro atoms. The van der Waals surface area contributed by atoms with E-state index in [-0.39, 0.29) is 5.91 Å². The average Bonchev–Trinajstić information content (AvgIpc) is 2.87. The highest BCUT2D eigenvalue weighted by Crippen LogP contribution is 2.26. The third kappa shape index (κ3) is 3.91. The highest BCUT2D eigenvalue weighted by molar-refractivity contribution is 5.76. The molecule has 120 valence electrons. The van der Waals surface area contributed by atoms with E-state index in [0.29, 0.717) is 31.2 Å². The summed E-state index contributed by atoms with van der Waals surface area (Å²) in [5.74, 6) is 1.64. The fraction of sp³-hybridized carbons (Fsp3) is 0.588. The van der Waals surface area contributed by atoms with Crippen molar-refractivity contribution in [3.05, 3.63) is 24.3 Å². The fourth-order valence-corrected chi connectivity index (χ4v) is 3.41. The van der Waals surface area contributed by atoms with E-state index < -0.39 is 0 Å². The summed E-state index contributed by atoms with van der Waals surface area (Å²) in [4.78, 5) is 12.0. The predicted molar refractivity (Wildman–Crippen MR) is 84.2 cm³/mol. The number of methoxy groups -OCH3 is 1. The van der Waals surface area contributed by atoms with Crippen LogP contribution in [0.1, 0.15) is 32.1 Å². The first-order valence-corrected chi connectivity index (χ1v) is 8.05. The summed E-state index contributed by atoms with van der Waals surface area (Å²) in [5, 5.41) is 6.73. The SMILES string of the molecule is COc1ccc(OCCC(=O)NC2CC3CCC(C2)N3)cc1. The minimum absolute atomic E-state index is 0.0832. The molecule has 2 bridgehead atoms. The zero-order valence-corrected chi connectivity index (χ0v) is 13.0. The maximum Gasteiger partial charge on any atom is 0.223 e. The first kappa shape index (κ1) is 15.2. The van der Waals surface area contributed by atoms with Gasteiger partial charge in [0.25, 0.3) is 0 Å². The summed E-state index contributed by atoms with van der Waals surface area (Å²) in [6, 6.07) is 8.91. The van der Waals surface area contributed by atoms with Gasteiger partial charge in [0.15, 0.2) is 0 Å². The van der Waals surface area contributed by atoms with Crippen molar-refractivity contribution in [3.8, 4) is 11.5 Å². The maximum absolute atomic E-state index is 12.0. The normalized spacial score (nSPS) is 26.5. The molecule has 5 nitrogen and oxygen atoms in total. The Kier molecular flexibility index (Phi) is 4.83. The van der Waals surface area contributed by atoms with Crippen molar-refractivity contribution in [3.63, 3.8) is 0 Å². The molecule has 2 saturated heterocycles. The molecule has 1 aromatic rings. The van der Waals surface area contributed by atoms with Crippen LogP contribution in [0.2, 0.25) is 0 Å². The second kappa shape index (κ2) is 7.01. The summed E-state index contributed by atoms with van der Waals surface area (Å²) >= 11 is 0. The van der Waals surface area contributed by atoms with E-state index in [2.05, 4.69) is 10.6 Å². The van der Waals surface area contributed by atoms with Gasteiger partial charge in [-0.3, -0.25) is 4.79 Å². The predicted octanol–water partition coefficient (Wildman–Crippen LogP) is 1.86. The lowest BCUT2D eigenvalue weighted by Gasteiger charge is -2.29. The van der Waals surface area contributed by atoms with Crippen LogP contribution < -0.4 is 20.1 Å². The number of ether oxygens (including phenoxy) is 2. The van der Waals surface area contributed by atoms with E-state index in [9.17, 15) is 4.79 Å². The molecule has 1 aromatic carbocycles. The van der Waals surface area contributed by atoms with Gasteiger partial charge in [-0.25, -0.2) is 0 Å². The Labute approximate surface area is 131 Å². The number of fused-ring (bicyclic) bond motifs is 2. The first-order valence-electron chi connectivity index (χ1n) is 8.05. The average molecular weight is 304 g/mol. The number of rotatable bonds is 6. The smallest absolute Gasteiger partial charge is 0.223 e. The van der Waals surface area contributed by atoms with Crippen LogP contribution in [0, 0.1) is 0 Å². The van der Waals surface area contributed by atoms with E-state index in [1.165, 1.54) is 12.8 Å². The van der Waals surface area contributed by atoms with Crippen LogP contribution in [0.15, 0.2) is 24.3 Å². The first-order chi connectivity index (χ1) is 10.7. The van der Waals surface area contributed by atoms with E-state index in [4.69, 9.17) is 9.47 Å². The monoisotopic (exact) mass is 304 g/mol. The molecule has 2 atom stereocenters. The van der Waals surface area contributed by atoms with E-state index in [0.717, 1.165) is 24.3 Å². The number of nitrogens with one attached hydrogen (secondary N) is 2. The van der Waals surface area contributed by atoms with Crippen LogP contribution in [0.25, 0.3) is 0 Å². The van der Waals surface area contributed by atoms with Crippen LogP contribution in [0.3, 0.4) is 0 Å². The molecule has 0 radical (unpaired) electrons. The molecule has 2 aliphatic heterocycles. The number of carbonyl (C=O) groups excluding carboxylic acids is 1. The number of amides is 1. The number of hydrogen-bond acceptors (Lipinski definition) is 4. The van der Waals surface area contributed by atoms with Crippen molar-refractivity contribution >= 4 is 5.91 Å². The molecule has 0 saturated carbocycles. The molecule has 5 heteroatoms. The van der Waals surface area contributed by atoms with Crippen molar-refractivity contribution in [1.82, 2.24) is 10.6 Å². The zero-order valence-electron chi connectivity index (χ0n) is 13.0. The van der Waals surface area contributed by atoms with Crippen LogP contribution in [-0.2, 0) is 4.79 Å². The second-order valence-electron chi connectivity index (χ2n) is 6.15. The van der Waals surface area contributed by atoms with Crippen LogP contribution >= 0.6 is 0 Å². The molecule has 2 unspecified atom stereocenters. The summed E-state index contributed by atoms with van der Waals surface area (Å²) in [6.45, 7) is 0.399. The van der Waals surface area contributed by atoms with Crippen molar-refractivity contribution in [1.29, 1.82) is 0 Å². The van der Waals surface area contributed by atoms with Gasteiger partial charge in [-0.1, -0.05) is 0 Å². The lowest BCUT2D eigenvalue weighted by atomic mass is 10.00. The van der Waals surface area contributed by atoms with Gasteiger partial charge < -0.3 is 20.1 Å². The van der Waals surface area contributed by atoms with Gasteiger partial charge in [-0.2, -0.15) is 0 Å². The van der Waals surface area contributed by atoms with Crippen molar-refractivity contribution in [2.75, 3.05) is 13.7 Å². The topological polar surface area (TPSA) is 59.6 Å². The minimum Gasteiger partial charge on any atom is -0.497 e. The van der Waals surface area contributed by atoms with Crippen molar-refractivity contribution < 1.29 is 14.3 Å². The molecule has 0 aromatic heterocycles. The third-order valence-electron chi connectivity index (χ3n) is 4.50. The lowest BCUT2D eigenvalue weighted by Crippen LogP contribution is -2.48. The Morgan fingerprint density at radius 2 is 1.82 bits per heavy atom. The Balaban J connectivity index is 1.37. The zero-order chi connectivity index (χ0) is 15.4. The van der Waals surface area contributed by atoms with Gasteiger partial charge in [-0.15, -0.1) is 0 Å². The van der Waals surface area contributed by atoms with Gasteiger partial charge in [0.2, 0.25) is 5.91 Å². The molecule has 2 aliphatic rings. The van der Waals surface area contributed by atoms with Gasteiger partial charge in [0.05, 0.1) is 20.1 Å². The van der Waals surface area contributed by atoms with Gasteiger partial charge in [-0.05, 0) is 49.9 Å². The molecule has 0 aliphatic carbocycles. The molecule has 22 heavy (non-hydrogen) atoms. The minimum atomic E-state index is 0.0832. The molecular formula is C17H24N2O3. The van der Waals surface area contributed by atoms with Gasteiger partial charge in [0, 0.05) is 18.1 Å². The number of benzene rings is 1. The Morgan fingerprint density at radius 3 is 2.45 bits per heavy atom. The Bertz CT molecular complexity index is 491. The summed E-state index contributed by atoms with van der Waals surface area (Å²) in [6.07, 6.45) is 5.00. The summed E-state index contributed by atoms with van der Waals surface area (Å²) in [5.41, 5.74) is 0. The molecule has 2 N–H and O–H groups in total. The summed E-state index contributed by atoms with van der Waals surface area (Å²) < 4.78 is 10.7. The number of piperidine rings is 1. The molecule has 3 rings (SSSR count). The summed E-state index contributed by atoms with van der Waals surface area (Å²) in [7, 11) is 1.63. The highest BCUT2D eigenvalue weighted by atomic mass is 16.5.